The van der Waals surface area contributed by atoms with Crippen molar-refractivity contribution >= 4 is 64.6 Å². The maximum atomic E-state index is 2.36. The molecular weight excluding hydrogens is 649 g/mol. The second-order valence-corrected chi connectivity index (χ2v) is 14.5. The molecule has 11 aromatic rings. The molecule has 0 saturated carbocycles. The van der Waals surface area contributed by atoms with Crippen molar-refractivity contribution in [3.05, 3.63) is 206 Å². The highest BCUT2D eigenvalue weighted by Gasteiger charge is 2.14. The molecule has 0 saturated heterocycles. The van der Waals surface area contributed by atoms with E-state index >= 15 is 0 Å². The average molecular weight is 683 g/mol. The second-order valence-electron chi connectivity index (χ2n) is 14.5. The van der Waals surface area contributed by atoms with Gasteiger partial charge >= 0.3 is 0 Å². The van der Waals surface area contributed by atoms with Crippen LogP contribution >= 0.6 is 0 Å². The Bertz CT molecular complexity index is 3260. The van der Waals surface area contributed by atoms with Gasteiger partial charge in [0.2, 0.25) is 0 Å². The molecule has 0 aliphatic heterocycles. The van der Waals surface area contributed by atoms with Crippen LogP contribution in [0.25, 0.3) is 109 Å². The van der Waals surface area contributed by atoms with Crippen molar-refractivity contribution in [2.45, 2.75) is 0 Å². The predicted octanol–water partition coefficient (Wildman–Crippen LogP) is 15.3. The maximum Gasteiger partial charge on any atom is -0.00928 e. The highest BCUT2D eigenvalue weighted by atomic mass is 14.2. The van der Waals surface area contributed by atoms with Crippen molar-refractivity contribution in [3.8, 4) is 44.5 Å². The highest BCUT2D eigenvalue weighted by Crippen LogP contribution is 2.41. The van der Waals surface area contributed by atoms with E-state index in [-0.39, 0.29) is 0 Å². The summed E-state index contributed by atoms with van der Waals surface area (Å²) in [5.41, 5.74) is 9.96. The van der Waals surface area contributed by atoms with Gasteiger partial charge in [0.25, 0.3) is 0 Å². The minimum Gasteiger partial charge on any atom is -0.0622 e. The van der Waals surface area contributed by atoms with E-state index in [2.05, 4.69) is 206 Å². The molecule has 0 atom stereocenters. The molecule has 0 fully saturated rings. The third-order valence-corrected chi connectivity index (χ3v) is 11.4. The molecule has 0 aliphatic rings. The van der Waals surface area contributed by atoms with Crippen molar-refractivity contribution in [1.29, 1.82) is 0 Å². The molecule has 0 amide bonds. The smallest absolute Gasteiger partial charge is 0.00928 e. The molecule has 250 valence electrons. The summed E-state index contributed by atoms with van der Waals surface area (Å²) < 4.78 is 0. The Labute approximate surface area is 314 Å². The Morgan fingerprint density at radius 3 is 1.15 bits per heavy atom. The number of benzene rings is 11. The van der Waals surface area contributed by atoms with Crippen LogP contribution in [0, 0.1) is 0 Å². The lowest BCUT2D eigenvalue weighted by molar-refractivity contribution is 1.62. The largest absolute Gasteiger partial charge is 0.0622 e. The summed E-state index contributed by atoms with van der Waals surface area (Å²) in [5, 5.41) is 15.3. The molecular formula is C54H34. The minimum absolute atomic E-state index is 1.23. The Balaban J connectivity index is 0.960. The van der Waals surface area contributed by atoms with Gasteiger partial charge in [0, 0.05) is 0 Å². The third-order valence-electron chi connectivity index (χ3n) is 11.4. The van der Waals surface area contributed by atoms with Gasteiger partial charge in [-0.15, -0.1) is 0 Å². The first-order valence-electron chi connectivity index (χ1n) is 18.7. The van der Waals surface area contributed by atoms with E-state index in [0.29, 0.717) is 0 Å². The van der Waals surface area contributed by atoms with Gasteiger partial charge in [0.1, 0.15) is 0 Å². The summed E-state index contributed by atoms with van der Waals surface area (Å²) >= 11 is 0. The molecule has 0 N–H and O–H groups in total. The Hall–Kier alpha value is -7.02. The number of fused-ring (bicyclic) bond motifs is 9. The summed E-state index contributed by atoms with van der Waals surface area (Å²) in [4.78, 5) is 0. The lowest BCUT2D eigenvalue weighted by Gasteiger charge is -2.16. The topological polar surface area (TPSA) is 0 Å². The zero-order valence-electron chi connectivity index (χ0n) is 29.6. The summed E-state index contributed by atoms with van der Waals surface area (Å²) in [6, 6.07) is 76.1. The van der Waals surface area contributed by atoms with Crippen LogP contribution in [-0.4, -0.2) is 0 Å². The average Bonchev–Trinajstić information content (AvgIpc) is 3.25. The van der Waals surface area contributed by atoms with Gasteiger partial charge in [-0.1, -0.05) is 176 Å². The van der Waals surface area contributed by atoms with E-state index < -0.39 is 0 Å². The molecule has 0 nitrogen and oxygen atoms in total. The van der Waals surface area contributed by atoms with Crippen LogP contribution < -0.4 is 0 Å². The third kappa shape index (κ3) is 4.99. The lowest BCUT2D eigenvalue weighted by atomic mass is 9.88. The monoisotopic (exact) mass is 682 g/mol. The van der Waals surface area contributed by atoms with Crippen LogP contribution in [0.2, 0.25) is 0 Å². The summed E-state index contributed by atoms with van der Waals surface area (Å²) in [7, 11) is 0. The van der Waals surface area contributed by atoms with Crippen molar-refractivity contribution in [1.82, 2.24) is 0 Å². The van der Waals surface area contributed by atoms with Crippen LogP contribution in [0.1, 0.15) is 0 Å². The fraction of sp³-hybridized carbons (Fsp3) is 0. The van der Waals surface area contributed by atoms with Crippen LogP contribution in [0.5, 0.6) is 0 Å². The molecule has 54 heavy (non-hydrogen) atoms. The first kappa shape index (κ1) is 30.6. The Morgan fingerprint density at radius 1 is 0.167 bits per heavy atom. The zero-order chi connectivity index (χ0) is 35.6. The van der Waals surface area contributed by atoms with Gasteiger partial charge in [-0.3, -0.25) is 0 Å². The van der Waals surface area contributed by atoms with E-state index in [1.54, 1.807) is 0 Å². The molecule has 0 spiro atoms. The van der Waals surface area contributed by atoms with E-state index in [4.69, 9.17) is 0 Å². The quantitative estimate of drug-likeness (QED) is 0.162. The van der Waals surface area contributed by atoms with Crippen molar-refractivity contribution in [2.24, 2.45) is 0 Å². The van der Waals surface area contributed by atoms with E-state index in [0.717, 1.165) is 0 Å². The first-order chi connectivity index (χ1) is 26.7. The number of hydrogen-bond donors (Lipinski definition) is 0. The van der Waals surface area contributed by atoms with Crippen molar-refractivity contribution in [3.63, 3.8) is 0 Å². The lowest BCUT2D eigenvalue weighted by Crippen LogP contribution is -1.89. The minimum atomic E-state index is 1.23. The first-order valence-corrected chi connectivity index (χ1v) is 18.7. The summed E-state index contributed by atoms with van der Waals surface area (Å²) in [6.45, 7) is 0. The molecule has 0 unspecified atom stereocenters. The molecule has 0 aromatic heterocycles. The molecule has 0 aliphatic carbocycles. The maximum absolute atomic E-state index is 2.36. The Kier molecular flexibility index (Phi) is 6.97. The van der Waals surface area contributed by atoms with Gasteiger partial charge in [0.15, 0.2) is 0 Å². The van der Waals surface area contributed by atoms with Crippen molar-refractivity contribution < 1.29 is 0 Å². The molecule has 0 bridgehead atoms. The zero-order valence-corrected chi connectivity index (χ0v) is 29.6. The van der Waals surface area contributed by atoms with Crippen LogP contribution in [-0.2, 0) is 0 Å². The highest BCUT2D eigenvalue weighted by molar-refractivity contribution is 6.16. The fourth-order valence-corrected chi connectivity index (χ4v) is 8.73. The Morgan fingerprint density at radius 2 is 0.556 bits per heavy atom. The van der Waals surface area contributed by atoms with Gasteiger partial charge in [-0.2, -0.15) is 0 Å². The molecule has 11 rings (SSSR count). The summed E-state index contributed by atoms with van der Waals surface area (Å²) in [5.74, 6) is 0. The predicted molar refractivity (Wildman–Crippen MR) is 233 cm³/mol. The van der Waals surface area contributed by atoms with Crippen LogP contribution in [0.15, 0.2) is 206 Å². The van der Waals surface area contributed by atoms with E-state index in [9.17, 15) is 0 Å². The van der Waals surface area contributed by atoms with Gasteiger partial charge in [-0.05, 0) is 139 Å². The molecule has 0 radical (unpaired) electrons. The van der Waals surface area contributed by atoms with Gasteiger partial charge in [-0.25, -0.2) is 0 Å². The fourth-order valence-electron chi connectivity index (χ4n) is 8.73. The van der Waals surface area contributed by atoms with Gasteiger partial charge < -0.3 is 0 Å². The SMILES string of the molecule is c1ccc(-c2ccc3c(ccc4cc(-c5ccc6c(ccc7cc(-c8ccccc8-c8cc9ccccc9c9ccccc89)ccc76)c5)ccc43)c2)cc1. The van der Waals surface area contributed by atoms with E-state index in [1.807, 2.05) is 0 Å². The van der Waals surface area contributed by atoms with E-state index in [1.165, 1.54) is 109 Å². The normalized spacial score (nSPS) is 11.7. The standard InChI is InChI=1S/C54H34/c1-2-10-35(11-3-1)36-22-26-47-40(30-36)18-19-41-31-37(23-27-48(41)47)38-24-28-49-42(32-38)20-21-43-33-44(25-29-50(43)49)46-14-6-7-16-52(46)54-34-39-12-4-5-13-45(39)51-15-8-9-17-53(51)54/h1-34H. The van der Waals surface area contributed by atoms with Crippen LogP contribution in [0.3, 0.4) is 0 Å². The second kappa shape index (κ2) is 12.3. The number of rotatable bonds is 4. The molecule has 0 heteroatoms. The van der Waals surface area contributed by atoms with Gasteiger partial charge in [0.05, 0.1) is 0 Å². The molecule has 11 aromatic carbocycles. The number of hydrogen-bond acceptors (Lipinski definition) is 0. The van der Waals surface area contributed by atoms with Crippen LogP contribution in [0.4, 0.5) is 0 Å². The summed E-state index contributed by atoms with van der Waals surface area (Å²) in [6.07, 6.45) is 0. The molecule has 0 heterocycles. The van der Waals surface area contributed by atoms with Crippen molar-refractivity contribution in [2.75, 3.05) is 0 Å².